The summed E-state index contributed by atoms with van der Waals surface area (Å²) in [5.74, 6) is -0.877. The highest BCUT2D eigenvalue weighted by atomic mass is 35.5. The molecule has 0 unspecified atom stereocenters. The van der Waals surface area contributed by atoms with Crippen molar-refractivity contribution in [1.82, 2.24) is 10.6 Å². The number of nitrogens with one attached hydrogen (secondary N) is 2. The van der Waals surface area contributed by atoms with E-state index in [1.165, 1.54) is 12.1 Å². The first kappa shape index (κ1) is 16.2. The van der Waals surface area contributed by atoms with Gasteiger partial charge in [-0.1, -0.05) is 11.6 Å². The molecule has 0 aliphatic carbocycles. The Hall–Kier alpha value is -1.17. The summed E-state index contributed by atoms with van der Waals surface area (Å²) in [5.41, 5.74) is 0.221. The van der Waals surface area contributed by atoms with Crippen molar-refractivity contribution in [3.05, 3.63) is 34.6 Å². The number of hydrogen-bond donors (Lipinski definition) is 2. The Morgan fingerprint density at radius 2 is 2.19 bits per heavy atom. The van der Waals surface area contributed by atoms with E-state index in [1.807, 2.05) is 0 Å². The molecule has 1 aromatic rings. The second-order valence-corrected chi connectivity index (χ2v) is 5.90. The first-order valence-corrected chi connectivity index (χ1v) is 7.37. The number of carbonyl (C=O) groups excluding carboxylic acids is 1. The van der Waals surface area contributed by atoms with Crippen LogP contribution in [0.2, 0.25) is 5.02 Å². The number of methoxy groups -OCH3 is 1. The lowest BCUT2D eigenvalue weighted by Gasteiger charge is -2.37. The van der Waals surface area contributed by atoms with E-state index in [9.17, 15) is 9.18 Å². The zero-order valence-electron chi connectivity index (χ0n) is 12.0. The SMILES string of the molecule is COCC1(CNC(=O)c2ccc(Cl)c(F)c2)CCNCC1. The van der Waals surface area contributed by atoms with Crippen LogP contribution in [0.15, 0.2) is 18.2 Å². The Balaban J connectivity index is 1.99. The molecule has 2 N–H and O–H groups in total. The van der Waals surface area contributed by atoms with Crippen LogP contribution in [0.4, 0.5) is 4.39 Å². The van der Waals surface area contributed by atoms with E-state index in [-0.39, 0.29) is 21.9 Å². The van der Waals surface area contributed by atoms with Gasteiger partial charge in [-0.3, -0.25) is 4.79 Å². The molecule has 1 amide bonds. The second kappa shape index (κ2) is 7.20. The summed E-state index contributed by atoms with van der Waals surface area (Å²) in [5, 5.41) is 6.20. The van der Waals surface area contributed by atoms with Crippen molar-refractivity contribution in [3.8, 4) is 0 Å². The number of halogens is 2. The van der Waals surface area contributed by atoms with Crippen LogP contribution in [0.5, 0.6) is 0 Å². The van der Waals surface area contributed by atoms with Crippen LogP contribution in [-0.2, 0) is 4.74 Å². The minimum absolute atomic E-state index is 0.0146. The lowest BCUT2D eigenvalue weighted by Crippen LogP contribution is -2.47. The van der Waals surface area contributed by atoms with Gasteiger partial charge < -0.3 is 15.4 Å². The fourth-order valence-electron chi connectivity index (χ4n) is 2.64. The van der Waals surface area contributed by atoms with Gasteiger partial charge in [0.15, 0.2) is 0 Å². The van der Waals surface area contributed by atoms with E-state index in [2.05, 4.69) is 10.6 Å². The summed E-state index contributed by atoms with van der Waals surface area (Å²) in [6.45, 7) is 2.94. The molecular weight excluding hydrogens is 295 g/mol. The zero-order chi connectivity index (χ0) is 15.3. The van der Waals surface area contributed by atoms with Gasteiger partial charge >= 0.3 is 0 Å². The number of hydrogen-bond acceptors (Lipinski definition) is 3. The van der Waals surface area contributed by atoms with Crippen molar-refractivity contribution in [2.24, 2.45) is 5.41 Å². The molecule has 21 heavy (non-hydrogen) atoms. The molecule has 116 valence electrons. The van der Waals surface area contributed by atoms with Gasteiger partial charge in [0.25, 0.3) is 5.91 Å². The van der Waals surface area contributed by atoms with Crippen LogP contribution in [0, 0.1) is 11.2 Å². The maximum Gasteiger partial charge on any atom is 0.251 e. The summed E-state index contributed by atoms with van der Waals surface area (Å²) in [4.78, 5) is 12.1. The quantitative estimate of drug-likeness (QED) is 0.876. The van der Waals surface area contributed by atoms with Crippen LogP contribution < -0.4 is 10.6 Å². The van der Waals surface area contributed by atoms with Crippen molar-refractivity contribution in [3.63, 3.8) is 0 Å². The minimum atomic E-state index is -0.585. The normalized spacial score (nSPS) is 17.5. The molecule has 6 heteroatoms. The lowest BCUT2D eigenvalue weighted by molar-refractivity contribution is 0.0511. The summed E-state index contributed by atoms with van der Waals surface area (Å²) in [6.07, 6.45) is 1.88. The number of amides is 1. The van der Waals surface area contributed by atoms with Crippen LogP contribution >= 0.6 is 11.6 Å². The molecule has 0 atom stereocenters. The summed E-state index contributed by atoms with van der Waals surface area (Å²) in [7, 11) is 1.67. The number of rotatable bonds is 5. The maximum atomic E-state index is 13.4. The molecule has 1 aromatic carbocycles. The largest absolute Gasteiger partial charge is 0.384 e. The van der Waals surface area contributed by atoms with Crippen LogP contribution in [-0.4, -0.2) is 39.3 Å². The maximum absolute atomic E-state index is 13.4. The van der Waals surface area contributed by atoms with E-state index in [4.69, 9.17) is 16.3 Å². The summed E-state index contributed by atoms with van der Waals surface area (Å²) < 4.78 is 18.7. The molecule has 1 saturated heterocycles. The third-order valence-electron chi connectivity index (χ3n) is 3.92. The number of carbonyl (C=O) groups is 1. The van der Waals surface area contributed by atoms with Crippen LogP contribution in [0.25, 0.3) is 0 Å². The van der Waals surface area contributed by atoms with Crippen molar-refractivity contribution in [2.45, 2.75) is 12.8 Å². The molecule has 0 aromatic heterocycles. The second-order valence-electron chi connectivity index (χ2n) is 5.49. The van der Waals surface area contributed by atoms with Gasteiger partial charge in [-0.2, -0.15) is 0 Å². The van der Waals surface area contributed by atoms with E-state index < -0.39 is 5.82 Å². The van der Waals surface area contributed by atoms with Crippen molar-refractivity contribution < 1.29 is 13.9 Å². The van der Waals surface area contributed by atoms with Crippen LogP contribution in [0.3, 0.4) is 0 Å². The zero-order valence-corrected chi connectivity index (χ0v) is 12.8. The number of ether oxygens (including phenoxy) is 1. The fourth-order valence-corrected chi connectivity index (χ4v) is 2.76. The number of benzene rings is 1. The fraction of sp³-hybridized carbons (Fsp3) is 0.533. The van der Waals surface area contributed by atoms with E-state index in [1.54, 1.807) is 7.11 Å². The molecule has 1 aliphatic heterocycles. The topological polar surface area (TPSA) is 50.4 Å². The highest BCUT2D eigenvalue weighted by Gasteiger charge is 2.32. The highest BCUT2D eigenvalue weighted by molar-refractivity contribution is 6.30. The van der Waals surface area contributed by atoms with Crippen molar-refractivity contribution in [2.75, 3.05) is 33.4 Å². The smallest absolute Gasteiger partial charge is 0.251 e. The monoisotopic (exact) mass is 314 g/mol. The molecule has 1 heterocycles. The Morgan fingerprint density at radius 3 is 2.81 bits per heavy atom. The average Bonchev–Trinajstić information content (AvgIpc) is 2.49. The third kappa shape index (κ3) is 4.15. The van der Waals surface area contributed by atoms with E-state index >= 15 is 0 Å². The predicted octanol–water partition coefficient (Wildman–Crippen LogP) is 2.23. The van der Waals surface area contributed by atoms with Gasteiger partial charge in [-0.25, -0.2) is 4.39 Å². The first-order valence-electron chi connectivity index (χ1n) is 6.99. The molecule has 4 nitrogen and oxygen atoms in total. The Kier molecular flexibility index (Phi) is 5.56. The molecular formula is C15H20ClFN2O2. The molecule has 0 spiro atoms. The van der Waals surface area contributed by atoms with Crippen molar-refractivity contribution in [1.29, 1.82) is 0 Å². The van der Waals surface area contributed by atoms with Crippen LogP contribution in [0.1, 0.15) is 23.2 Å². The van der Waals surface area contributed by atoms with Gasteiger partial charge in [-0.05, 0) is 44.1 Å². The molecule has 0 saturated carbocycles. The van der Waals surface area contributed by atoms with Gasteiger partial charge in [0.2, 0.25) is 0 Å². The molecule has 0 radical (unpaired) electrons. The molecule has 2 rings (SSSR count). The Morgan fingerprint density at radius 1 is 1.48 bits per heavy atom. The molecule has 1 fully saturated rings. The third-order valence-corrected chi connectivity index (χ3v) is 4.23. The van der Waals surface area contributed by atoms with Gasteiger partial charge in [-0.15, -0.1) is 0 Å². The van der Waals surface area contributed by atoms with E-state index in [0.29, 0.717) is 13.2 Å². The van der Waals surface area contributed by atoms with Gasteiger partial charge in [0.1, 0.15) is 5.82 Å². The minimum Gasteiger partial charge on any atom is -0.384 e. The molecule has 1 aliphatic rings. The Bertz CT molecular complexity index is 499. The van der Waals surface area contributed by atoms with E-state index in [0.717, 1.165) is 32.0 Å². The standard InChI is InChI=1S/C15H20ClFN2O2/c1-21-10-15(4-6-18-7-5-15)9-19-14(20)11-2-3-12(16)13(17)8-11/h2-3,8,18H,4-7,9-10H2,1H3,(H,19,20). The summed E-state index contributed by atoms with van der Waals surface area (Å²) >= 11 is 5.62. The summed E-state index contributed by atoms with van der Waals surface area (Å²) in [6, 6.07) is 4.07. The highest BCUT2D eigenvalue weighted by Crippen LogP contribution is 2.28. The van der Waals surface area contributed by atoms with Gasteiger partial charge in [0, 0.05) is 24.6 Å². The first-order chi connectivity index (χ1) is 10.1. The Labute approximate surface area is 129 Å². The lowest BCUT2D eigenvalue weighted by atomic mass is 9.79. The predicted molar refractivity (Wildman–Crippen MR) is 80.2 cm³/mol. The van der Waals surface area contributed by atoms with Gasteiger partial charge in [0.05, 0.1) is 11.6 Å². The van der Waals surface area contributed by atoms with Crippen molar-refractivity contribution >= 4 is 17.5 Å². The number of piperidine rings is 1. The molecule has 0 bridgehead atoms. The average molecular weight is 315 g/mol.